The third-order valence-electron chi connectivity index (χ3n) is 5.18. The highest BCUT2D eigenvalue weighted by Crippen LogP contribution is 2.29. The Balaban J connectivity index is 2.20. The van der Waals surface area contributed by atoms with Crippen LogP contribution in [0.15, 0.2) is 51.0 Å². The largest absolute Gasteiger partial charge is 0.573 e. The van der Waals surface area contributed by atoms with Crippen molar-refractivity contribution < 1.29 is 27.8 Å². The maximum atomic E-state index is 13.4. The lowest BCUT2D eigenvalue weighted by molar-refractivity contribution is -0.274. The number of imidazole rings is 1. The molecule has 0 spiro atoms. The van der Waals surface area contributed by atoms with E-state index in [1.807, 2.05) is 0 Å². The van der Waals surface area contributed by atoms with E-state index in [1.165, 1.54) is 28.3 Å². The van der Waals surface area contributed by atoms with Gasteiger partial charge in [-0.25, -0.2) is 4.79 Å². The van der Waals surface area contributed by atoms with E-state index in [0.717, 1.165) is 16.7 Å². The predicted octanol–water partition coefficient (Wildman–Crippen LogP) is 3.01. The van der Waals surface area contributed by atoms with Crippen LogP contribution in [0.1, 0.15) is 20.3 Å². The van der Waals surface area contributed by atoms with Gasteiger partial charge in [-0.15, -0.1) is 13.2 Å². The Labute approximate surface area is 203 Å². The van der Waals surface area contributed by atoms with Gasteiger partial charge in [-0.1, -0.05) is 12.1 Å². The van der Waals surface area contributed by atoms with E-state index in [4.69, 9.17) is 4.74 Å². The van der Waals surface area contributed by atoms with E-state index >= 15 is 0 Å². The van der Waals surface area contributed by atoms with Crippen LogP contribution in [0, 0.1) is 0 Å². The van der Waals surface area contributed by atoms with Gasteiger partial charge in [0.2, 0.25) is 0 Å². The molecule has 0 bridgehead atoms. The Morgan fingerprint density at radius 3 is 2.56 bits per heavy atom. The van der Waals surface area contributed by atoms with Crippen LogP contribution >= 0.6 is 0 Å². The van der Waals surface area contributed by atoms with Gasteiger partial charge in [0, 0.05) is 26.7 Å². The number of nitrogens with zero attached hydrogens (tertiary/aromatic N) is 5. The molecule has 0 amide bonds. The number of aryl methyl sites for hydroxylation is 1. The summed E-state index contributed by atoms with van der Waals surface area (Å²) >= 11 is 0. The van der Waals surface area contributed by atoms with Crippen LogP contribution in [0.4, 0.5) is 13.2 Å². The summed E-state index contributed by atoms with van der Waals surface area (Å²) in [6, 6.07) is 4.70. The summed E-state index contributed by atoms with van der Waals surface area (Å²) in [5.74, 6) is -0.533. The van der Waals surface area contributed by atoms with E-state index in [9.17, 15) is 27.9 Å². The number of rotatable bonds is 9. The molecule has 36 heavy (non-hydrogen) atoms. The molecule has 1 atom stereocenters. The summed E-state index contributed by atoms with van der Waals surface area (Å²) in [5, 5.41) is 9.64. The molecule has 194 valence electrons. The molecular formula is C23H26F3N5O5. The summed E-state index contributed by atoms with van der Waals surface area (Å²) in [4.78, 5) is 34.7. The number of alkyl halides is 3. The lowest BCUT2D eigenvalue weighted by Gasteiger charge is -2.13. The van der Waals surface area contributed by atoms with Crippen molar-refractivity contribution >= 4 is 16.9 Å². The normalized spacial score (nSPS) is 13.5. The topological polar surface area (TPSA) is 113 Å². The van der Waals surface area contributed by atoms with Gasteiger partial charge >= 0.3 is 18.1 Å². The van der Waals surface area contributed by atoms with Crippen molar-refractivity contribution in [1.82, 2.24) is 18.7 Å². The Morgan fingerprint density at radius 1 is 1.25 bits per heavy atom. The minimum atomic E-state index is -4.89. The van der Waals surface area contributed by atoms with Crippen molar-refractivity contribution in [1.29, 1.82) is 0 Å². The summed E-state index contributed by atoms with van der Waals surface area (Å²) in [6.07, 6.45) is -2.00. The Hall–Kier alpha value is -3.87. The highest BCUT2D eigenvalue weighted by molar-refractivity contribution is 5.95. The number of aromatic nitrogens is 4. The molecule has 1 aromatic carbocycles. The fraction of sp³-hybridized carbons (Fsp3) is 0.391. The number of aliphatic hydroxyl groups excluding tert-OH is 1. The summed E-state index contributed by atoms with van der Waals surface area (Å²) in [5.41, 5.74) is -0.693. The van der Waals surface area contributed by atoms with Crippen LogP contribution in [-0.4, -0.2) is 49.0 Å². The van der Waals surface area contributed by atoms with Crippen LogP contribution in [0.25, 0.3) is 11.2 Å². The fourth-order valence-electron chi connectivity index (χ4n) is 3.48. The third-order valence-corrected chi connectivity index (χ3v) is 5.18. The second-order valence-electron chi connectivity index (χ2n) is 7.93. The monoisotopic (exact) mass is 509 g/mol. The number of hydrogen-bond donors (Lipinski definition) is 1. The number of ether oxygens (including phenoxy) is 2. The van der Waals surface area contributed by atoms with E-state index in [1.54, 1.807) is 33.0 Å². The number of benzene rings is 1. The van der Waals surface area contributed by atoms with Gasteiger partial charge in [-0.05, 0) is 38.5 Å². The maximum absolute atomic E-state index is 13.4. The van der Waals surface area contributed by atoms with Gasteiger partial charge < -0.3 is 14.6 Å². The predicted molar refractivity (Wildman–Crippen MR) is 127 cm³/mol. The first kappa shape index (κ1) is 26.7. The number of allylic oxidation sites excluding steroid dienone is 2. The van der Waals surface area contributed by atoms with Crippen LogP contribution in [-0.2, 0) is 20.1 Å². The first-order valence-corrected chi connectivity index (χ1v) is 10.9. The number of hydrogen-bond acceptors (Lipinski definition) is 7. The zero-order valence-electron chi connectivity index (χ0n) is 20.1. The minimum Gasteiger partial charge on any atom is -0.425 e. The molecule has 0 radical (unpaired) electrons. The number of aliphatic imine (C=N–C) groups is 1. The van der Waals surface area contributed by atoms with Crippen LogP contribution < -0.4 is 20.7 Å². The average molecular weight is 509 g/mol. The van der Waals surface area contributed by atoms with Crippen molar-refractivity contribution in [2.75, 3.05) is 7.05 Å². The molecule has 0 saturated heterocycles. The molecule has 0 aliphatic carbocycles. The van der Waals surface area contributed by atoms with E-state index < -0.39 is 29.5 Å². The quantitative estimate of drug-likeness (QED) is 0.444. The Kier molecular flexibility index (Phi) is 8.03. The Morgan fingerprint density at radius 2 is 1.94 bits per heavy atom. The van der Waals surface area contributed by atoms with Gasteiger partial charge in [0.1, 0.15) is 11.5 Å². The Bertz CT molecular complexity index is 1420. The van der Waals surface area contributed by atoms with Crippen LogP contribution in [0.5, 0.6) is 17.5 Å². The lowest BCUT2D eigenvalue weighted by Crippen LogP contribution is -2.40. The van der Waals surface area contributed by atoms with E-state index in [0.29, 0.717) is 5.71 Å². The summed E-state index contributed by atoms with van der Waals surface area (Å²) in [6.45, 7) is 3.32. The molecule has 1 N–H and O–H groups in total. The fourth-order valence-corrected chi connectivity index (χ4v) is 3.48. The number of aliphatic hydroxyl groups is 1. The first-order valence-electron chi connectivity index (χ1n) is 10.9. The number of fused-ring (bicyclic) bond motifs is 1. The highest BCUT2D eigenvalue weighted by Gasteiger charge is 2.31. The van der Waals surface area contributed by atoms with Gasteiger partial charge in [0.05, 0.1) is 18.4 Å². The molecule has 1 unspecified atom stereocenters. The van der Waals surface area contributed by atoms with E-state index in [-0.39, 0.29) is 42.4 Å². The van der Waals surface area contributed by atoms with Crippen molar-refractivity contribution in [2.45, 2.75) is 45.8 Å². The third kappa shape index (κ3) is 6.03. The smallest absolute Gasteiger partial charge is 0.425 e. The average Bonchev–Trinajstić information content (AvgIpc) is 3.14. The zero-order valence-corrected chi connectivity index (χ0v) is 20.1. The van der Waals surface area contributed by atoms with E-state index in [2.05, 4.69) is 14.7 Å². The second-order valence-corrected chi connectivity index (χ2v) is 7.93. The van der Waals surface area contributed by atoms with Gasteiger partial charge in [-0.3, -0.25) is 23.5 Å². The van der Waals surface area contributed by atoms with Gasteiger partial charge in [0.25, 0.3) is 5.56 Å². The van der Waals surface area contributed by atoms with Crippen molar-refractivity contribution in [2.24, 2.45) is 12.0 Å². The zero-order chi connectivity index (χ0) is 26.6. The van der Waals surface area contributed by atoms with Crippen LogP contribution in [0.3, 0.4) is 0 Å². The first-order chi connectivity index (χ1) is 16.9. The summed E-state index contributed by atoms with van der Waals surface area (Å²) < 4.78 is 51.2. The van der Waals surface area contributed by atoms with Crippen molar-refractivity contribution in [3.63, 3.8) is 0 Å². The maximum Gasteiger partial charge on any atom is 0.573 e. The molecule has 10 nitrogen and oxygen atoms in total. The molecule has 0 aliphatic heterocycles. The second kappa shape index (κ2) is 10.8. The molecule has 0 saturated carbocycles. The molecule has 3 aromatic rings. The molecule has 2 aromatic heterocycles. The molecule has 3 rings (SSSR count). The standard InChI is InChI=1S/C23H26F3N5O5/c1-5-7-15(27-3)13-31-18-19(29(4)22(34)30(20(18)33)11-10-14(2)32)28-21(31)35-16-8-6-9-17(12-16)36-23(24,25)26/h5-9,12,14,32H,10-11,13H2,1-4H3/b7-5-,27-15?. The lowest BCUT2D eigenvalue weighted by atomic mass is 10.3. The van der Waals surface area contributed by atoms with Crippen molar-refractivity contribution in [3.8, 4) is 17.5 Å². The minimum absolute atomic E-state index is 0.0203. The van der Waals surface area contributed by atoms with Crippen molar-refractivity contribution in [3.05, 3.63) is 57.3 Å². The molecule has 2 heterocycles. The molecule has 0 fully saturated rings. The summed E-state index contributed by atoms with van der Waals surface area (Å²) in [7, 11) is 2.99. The molecule has 13 heteroatoms. The SMILES string of the molecule is C/C=C\C(Cn1c(Oc2cccc(OC(F)(F)F)c2)nc2c1c(=O)n(CCC(C)O)c(=O)n2C)=NC. The molecule has 0 aliphatic rings. The van der Waals surface area contributed by atoms with Crippen LogP contribution in [0.2, 0.25) is 0 Å². The highest BCUT2D eigenvalue weighted by atomic mass is 19.4. The van der Waals surface area contributed by atoms with Gasteiger partial charge in [0.15, 0.2) is 11.2 Å². The van der Waals surface area contributed by atoms with Gasteiger partial charge in [-0.2, -0.15) is 4.98 Å². The number of halogens is 3. The molecular weight excluding hydrogens is 483 g/mol.